The van der Waals surface area contributed by atoms with Crippen molar-refractivity contribution in [2.75, 3.05) is 5.32 Å². The van der Waals surface area contributed by atoms with Gasteiger partial charge in [0.25, 0.3) is 5.91 Å². The number of hydrogen-bond donors (Lipinski definition) is 2. The summed E-state index contributed by atoms with van der Waals surface area (Å²) in [6.07, 6.45) is 7.07. The van der Waals surface area contributed by atoms with Gasteiger partial charge >= 0.3 is 0 Å². The number of hydrogen-bond acceptors (Lipinski definition) is 4. The van der Waals surface area contributed by atoms with Crippen LogP contribution in [-0.4, -0.2) is 32.6 Å². The third-order valence-electron chi connectivity index (χ3n) is 3.81. The van der Waals surface area contributed by atoms with Crippen LogP contribution < -0.4 is 10.6 Å². The molecule has 23 heavy (non-hydrogen) atoms. The van der Waals surface area contributed by atoms with E-state index in [0.29, 0.717) is 17.3 Å². The van der Waals surface area contributed by atoms with Crippen molar-refractivity contribution in [1.82, 2.24) is 20.1 Å². The first-order valence-electron chi connectivity index (χ1n) is 7.66. The maximum absolute atomic E-state index is 12.0. The van der Waals surface area contributed by atoms with Gasteiger partial charge in [-0.1, -0.05) is 6.07 Å². The van der Waals surface area contributed by atoms with E-state index < -0.39 is 0 Å². The summed E-state index contributed by atoms with van der Waals surface area (Å²) in [5, 5.41) is 9.76. The first-order valence-corrected chi connectivity index (χ1v) is 7.66. The molecule has 0 saturated heterocycles. The van der Waals surface area contributed by atoms with Gasteiger partial charge in [0.2, 0.25) is 5.91 Å². The predicted octanol–water partition coefficient (Wildman–Crippen LogP) is 1.45. The normalized spacial score (nSPS) is 15.0. The fraction of sp³-hybridized carbons (Fsp3) is 0.375. The van der Waals surface area contributed by atoms with Crippen molar-refractivity contribution < 1.29 is 9.59 Å². The molecule has 7 nitrogen and oxygen atoms in total. The number of amides is 2. The highest BCUT2D eigenvalue weighted by Crippen LogP contribution is 2.32. The quantitative estimate of drug-likeness (QED) is 0.844. The Hall–Kier alpha value is -2.70. The van der Waals surface area contributed by atoms with E-state index in [9.17, 15) is 9.59 Å². The number of nitrogens with zero attached hydrogens (tertiary/aromatic N) is 3. The maximum Gasteiger partial charge on any atom is 0.274 e. The summed E-state index contributed by atoms with van der Waals surface area (Å²) < 4.78 is 1.50. The number of carbonyl (C=O) groups is 2. The molecule has 0 unspecified atom stereocenters. The molecular weight excluding hydrogens is 294 g/mol. The lowest BCUT2D eigenvalue weighted by Crippen LogP contribution is -2.36. The fourth-order valence-electron chi connectivity index (χ4n) is 2.37. The summed E-state index contributed by atoms with van der Waals surface area (Å²) in [5.74, 6) is 0.233. The summed E-state index contributed by atoms with van der Waals surface area (Å²) in [7, 11) is 0. The number of carbonyl (C=O) groups excluding carboxylic acids is 2. The Kier molecular flexibility index (Phi) is 4.36. The Morgan fingerprint density at radius 1 is 1.39 bits per heavy atom. The van der Waals surface area contributed by atoms with Gasteiger partial charge in [-0.2, -0.15) is 5.10 Å². The van der Waals surface area contributed by atoms with Crippen molar-refractivity contribution in [2.45, 2.75) is 32.4 Å². The minimum absolute atomic E-state index is 0.0740. The average molecular weight is 313 g/mol. The maximum atomic E-state index is 12.0. The summed E-state index contributed by atoms with van der Waals surface area (Å²) in [6, 6.07) is 5.33. The Morgan fingerprint density at radius 2 is 2.22 bits per heavy atom. The molecule has 2 aromatic rings. The number of aromatic nitrogens is 3. The van der Waals surface area contributed by atoms with Gasteiger partial charge in [-0.3, -0.25) is 19.3 Å². The Labute approximate surface area is 134 Å². The van der Waals surface area contributed by atoms with Crippen molar-refractivity contribution in [2.24, 2.45) is 5.92 Å². The molecule has 3 rings (SSSR count). The standard InChI is InChI=1S/C16H19N5O2/c1-11(12-5-6-12)19-15(22)10-21-9-13(8-18-21)20-16(23)14-4-2-3-7-17-14/h2-4,7-9,11-12H,5-6,10H2,1H3,(H,19,22)(H,20,23)/t11-/m1/s1. The molecule has 0 bridgehead atoms. The molecule has 1 saturated carbocycles. The molecule has 2 aromatic heterocycles. The molecule has 0 aromatic carbocycles. The number of pyridine rings is 1. The molecule has 0 aliphatic heterocycles. The average Bonchev–Trinajstić information content (AvgIpc) is 3.31. The third kappa shape index (κ3) is 4.15. The van der Waals surface area contributed by atoms with E-state index in [1.807, 2.05) is 6.92 Å². The largest absolute Gasteiger partial charge is 0.352 e. The molecule has 2 N–H and O–H groups in total. The predicted molar refractivity (Wildman–Crippen MR) is 84.7 cm³/mol. The molecule has 1 aliphatic rings. The van der Waals surface area contributed by atoms with E-state index in [1.54, 1.807) is 30.6 Å². The van der Waals surface area contributed by atoms with Crippen LogP contribution in [0.4, 0.5) is 5.69 Å². The van der Waals surface area contributed by atoms with Gasteiger partial charge in [-0.05, 0) is 37.8 Å². The molecule has 1 aliphatic carbocycles. The van der Waals surface area contributed by atoms with Gasteiger partial charge in [0.15, 0.2) is 0 Å². The zero-order valence-electron chi connectivity index (χ0n) is 12.9. The smallest absolute Gasteiger partial charge is 0.274 e. The van der Waals surface area contributed by atoms with Crippen LogP contribution in [0, 0.1) is 5.92 Å². The van der Waals surface area contributed by atoms with Crippen molar-refractivity contribution in [1.29, 1.82) is 0 Å². The summed E-state index contributed by atoms with van der Waals surface area (Å²) in [6.45, 7) is 2.16. The highest BCUT2D eigenvalue weighted by molar-refractivity contribution is 6.02. The summed E-state index contributed by atoms with van der Waals surface area (Å²) in [4.78, 5) is 27.9. The molecule has 1 atom stereocenters. The number of nitrogens with one attached hydrogen (secondary N) is 2. The van der Waals surface area contributed by atoms with Crippen LogP contribution in [0.25, 0.3) is 0 Å². The molecule has 0 spiro atoms. The molecule has 120 valence electrons. The fourth-order valence-corrected chi connectivity index (χ4v) is 2.37. The van der Waals surface area contributed by atoms with E-state index >= 15 is 0 Å². The highest BCUT2D eigenvalue weighted by Gasteiger charge is 2.28. The van der Waals surface area contributed by atoms with Crippen LogP contribution >= 0.6 is 0 Å². The SMILES string of the molecule is C[C@@H](NC(=O)Cn1cc(NC(=O)c2ccccn2)cn1)C1CC1. The van der Waals surface area contributed by atoms with E-state index in [1.165, 1.54) is 23.7 Å². The summed E-state index contributed by atoms with van der Waals surface area (Å²) >= 11 is 0. The van der Waals surface area contributed by atoms with E-state index in [4.69, 9.17) is 0 Å². The van der Waals surface area contributed by atoms with Crippen molar-refractivity contribution in [3.05, 3.63) is 42.5 Å². The molecular formula is C16H19N5O2. The van der Waals surface area contributed by atoms with Crippen LogP contribution in [0.3, 0.4) is 0 Å². The van der Waals surface area contributed by atoms with Crippen LogP contribution in [-0.2, 0) is 11.3 Å². The summed E-state index contributed by atoms with van der Waals surface area (Å²) in [5.41, 5.74) is 0.861. The second kappa shape index (κ2) is 6.60. The van der Waals surface area contributed by atoms with Crippen LogP contribution in [0.5, 0.6) is 0 Å². The van der Waals surface area contributed by atoms with Crippen molar-refractivity contribution in [3.8, 4) is 0 Å². The second-order valence-corrected chi connectivity index (χ2v) is 5.79. The van der Waals surface area contributed by atoms with E-state index in [2.05, 4.69) is 20.7 Å². The van der Waals surface area contributed by atoms with Crippen LogP contribution in [0.1, 0.15) is 30.3 Å². The van der Waals surface area contributed by atoms with Crippen molar-refractivity contribution >= 4 is 17.5 Å². The Balaban J connectivity index is 1.53. The van der Waals surface area contributed by atoms with Gasteiger partial charge in [-0.15, -0.1) is 0 Å². The molecule has 7 heteroatoms. The van der Waals surface area contributed by atoms with Gasteiger partial charge in [0.05, 0.1) is 11.9 Å². The lowest BCUT2D eigenvalue weighted by Gasteiger charge is -2.12. The van der Waals surface area contributed by atoms with Gasteiger partial charge in [-0.25, -0.2) is 0 Å². The van der Waals surface area contributed by atoms with E-state index in [-0.39, 0.29) is 24.4 Å². The van der Waals surface area contributed by atoms with Crippen molar-refractivity contribution in [3.63, 3.8) is 0 Å². The first-order chi connectivity index (χ1) is 11.1. The highest BCUT2D eigenvalue weighted by atomic mass is 16.2. The Bertz CT molecular complexity index is 694. The van der Waals surface area contributed by atoms with Crippen LogP contribution in [0.15, 0.2) is 36.8 Å². The molecule has 2 heterocycles. The minimum atomic E-state index is -0.308. The Morgan fingerprint density at radius 3 is 2.91 bits per heavy atom. The zero-order valence-corrected chi connectivity index (χ0v) is 12.9. The molecule has 1 fully saturated rings. The minimum Gasteiger partial charge on any atom is -0.352 e. The third-order valence-corrected chi connectivity index (χ3v) is 3.81. The number of anilines is 1. The van der Waals surface area contributed by atoms with E-state index in [0.717, 1.165) is 0 Å². The lowest BCUT2D eigenvalue weighted by atomic mass is 10.2. The van der Waals surface area contributed by atoms with Gasteiger partial charge in [0.1, 0.15) is 12.2 Å². The molecule has 2 amide bonds. The zero-order chi connectivity index (χ0) is 16.2. The monoisotopic (exact) mass is 313 g/mol. The van der Waals surface area contributed by atoms with Crippen LogP contribution in [0.2, 0.25) is 0 Å². The van der Waals surface area contributed by atoms with Gasteiger partial charge < -0.3 is 10.6 Å². The first kappa shape index (κ1) is 15.2. The lowest BCUT2D eigenvalue weighted by molar-refractivity contribution is -0.122. The second-order valence-electron chi connectivity index (χ2n) is 5.79. The molecule has 0 radical (unpaired) electrons. The van der Waals surface area contributed by atoms with Gasteiger partial charge in [0, 0.05) is 18.4 Å². The number of rotatable bonds is 6. The topological polar surface area (TPSA) is 88.9 Å².